The molecule has 0 aliphatic carbocycles. The maximum Gasteiger partial charge on any atom is 0.491 e. The molecule has 5 nitrogen and oxygen atoms in total. The van der Waals surface area contributed by atoms with E-state index in [1.54, 1.807) is 64.1 Å². The first-order valence-electron chi connectivity index (χ1n) is 7.75. The summed E-state index contributed by atoms with van der Waals surface area (Å²) in [6, 6.07) is 10.5. The quantitative estimate of drug-likeness (QED) is 0.647. The van der Waals surface area contributed by atoms with Crippen LogP contribution in [0.5, 0.6) is 0 Å². The molecule has 2 rings (SSSR count). The van der Waals surface area contributed by atoms with Crippen molar-refractivity contribution in [2.24, 2.45) is 0 Å². The van der Waals surface area contributed by atoms with Gasteiger partial charge in [-0.1, -0.05) is 24.3 Å². The summed E-state index contributed by atoms with van der Waals surface area (Å²) < 4.78 is 10.4. The molecule has 0 aromatic heterocycles. The Labute approximate surface area is 142 Å². The zero-order chi connectivity index (χ0) is 18.1. The van der Waals surface area contributed by atoms with E-state index in [0.717, 1.165) is 10.8 Å². The summed E-state index contributed by atoms with van der Waals surface area (Å²) in [5.41, 5.74) is -1.00. The number of methoxy groups -OCH3 is 1. The van der Waals surface area contributed by atoms with Gasteiger partial charge in [-0.05, 0) is 56.1 Å². The molecule has 0 saturated carbocycles. The Morgan fingerprint density at radius 1 is 1.04 bits per heavy atom. The minimum Gasteiger partial charge on any atom is -0.465 e. The molecule has 0 atom stereocenters. The Bertz CT molecular complexity index is 749. The number of hydrogen-bond acceptors (Lipinski definition) is 5. The molecule has 128 valence electrons. The van der Waals surface area contributed by atoms with E-state index in [9.17, 15) is 14.9 Å². The number of benzene rings is 2. The predicted octanol–water partition coefficient (Wildman–Crippen LogP) is 1.88. The van der Waals surface area contributed by atoms with Crippen molar-refractivity contribution in [3.8, 4) is 0 Å². The van der Waals surface area contributed by atoms with Crippen molar-refractivity contribution in [3.05, 3.63) is 42.0 Å². The lowest BCUT2D eigenvalue weighted by atomic mass is 9.76. The number of carbonyl (C=O) groups excluding carboxylic acids is 1. The molecule has 6 heteroatoms. The molecule has 2 aromatic carbocycles. The number of fused-ring (bicyclic) bond motifs is 1. The smallest absolute Gasteiger partial charge is 0.465 e. The Balaban J connectivity index is 2.29. The molecule has 2 N–H and O–H groups in total. The minimum atomic E-state index is -1.17. The van der Waals surface area contributed by atoms with Gasteiger partial charge in [-0.3, -0.25) is 0 Å². The van der Waals surface area contributed by atoms with E-state index in [1.807, 2.05) is 0 Å². The van der Waals surface area contributed by atoms with Crippen LogP contribution in [0.1, 0.15) is 38.1 Å². The van der Waals surface area contributed by atoms with Gasteiger partial charge in [0.15, 0.2) is 0 Å². The van der Waals surface area contributed by atoms with Crippen molar-refractivity contribution < 1.29 is 24.3 Å². The molecular formula is C18H23BO5. The zero-order valence-electron chi connectivity index (χ0n) is 14.7. The Hall–Kier alpha value is -1.89. The van der Waals surface area contributed by atoms with Crippen LogP contribution < -0.4 is 5.46 Å². The number of esters is 1. The first-order valence-corrected chi connectivity index (χ1v) is 7.75. The Morgan fingerprint density at radius 2 is 1.62 bits per heavy atom. The summed E-state index contributed by atoms with van der Waals surface area (Å²) in [5, 5.41) is 22.2. The van der Waals surface area contributed by atoms with Crippen molar-refractivity contribution >= 4 is 29.3 Å². The second kappa shape index (κ2) is 6.55. The van der Waals surface area contributed by atoms with E-state index in [0.29, 0.717) is 11.0 Å². The van der Waals surface area contributed by atoms with Crippen LogP contribution in [-0.2, 0) is 9.39 Å². The Kier molecular flexibility index (Phi) is 5.04. The highest BCUT2D eigenvalue weighted by Crippen LogP contribution is 2.25. The van der Waals surface area contributed by atoms with Crippen molar-refractivity contribution in [2.75, 3.05) is 7.11 Å². The van der Waals surface area contributed by atoms with Crippen LogP contribution in [0.2, 0.25) is 0 Å². The molecule has 0 radical (unpaired) electrons. The fourth-order valence-corrected chi connectivity index (χ4v) is 2.15. The van der Waals surface area contributed by atoms with Crippen LogP contribution in [0.3, 0.4) is 0 Å². The van der Waals surface area contributed by atoms with Gasteiger partial charge in [-0.15, -0.1) is 0 Å². The molecular weight excluding hydrogens is 307 g/mol. The largest absolute Gasteiger partial charge is 0.491 e. The van der Waals surface area contributed by atoms with E-state index < -0.39 is 24.3 Å². The van der Waals surface area contributed by atoms with Crippen molar-refractivity contribution in [3.63, 3.8) is 0 Å². The minimum absolute atomic E-state index is 0.392. The fraction of sp³-hybridized carbons (Fsp3) is 0.389. The van der Waals surface area contributed by atoms with Crippen LogP contribution in [0.15, 0.2) is 36.4 Å². The lowest BCUT2D eigenvalue weighted by molar-refractivity contribution is -0.0982. The van der Waals surface area contributed by atoms with E-state index in [4.69, 9.17) is 9.39 Å². The second-order valence-corrected chi connectivity index (χ2v) is 6.85. The molecule has 0 spiro atoms. The van der Waals surface area contributed by atoms with E-state index in [2.05, 4.69) is 0 Å². The van der Waals surface area contributed by atoms with Gasteiger partial charge in [0.05, 0.1) is 23.9 Å². The van der Waals surface area contributed by atoms with Crippen LogP contribution in [0, 0.1) is 0 Å². The third kappa shape index (κ3) is 3.78. The number of aliphatic hydroxyl groups is 1. The molecule has 0 heterocycles. The molecule has 0 unspecified atom stereocenters. The van der Waals surface area contributed by atoms with Gasteiger partial charge in [0.25, 0.3) is 0 Å². The standard InChI is InChI=1S/C18H23BO5/c1-17(2,21)18(3,4)24-19(22)15-9-8-12-10-14(16(20)23-5)7-6-13(12)11-15/h6-11,21-22H,1-5H3. The molecule has 0 amide bonds. The third-order valence-electron chi connectivity index (χ3n) is 4.45. The summed E-state index contributed by atoms with van der Waals surface area (Å²) in [4.78, 5) is 11.6. The summed E-state index contributed by atoms with van der Waals surface area (Å²) in [7, 11) is 0.171. The van der Waals surface area contributed by atoms with Gasteiger partial charge >= 0.3 is 13.1 Å². The molecule has 0 aliphatic heterocycles. The van der Waals surface area contributed by atoms with Gasteiger partial charge in [0, 0.05) is 0 Å². The molecule has 0 aliphatic rings. The van der Waals surface area contributed by atoms with Crippen molar-refractivity contribution in [2.45, 2.75) is 38.9 Å². The second-order valence-electron chi connectivity index (χ2n) is 6.85. The maximum atomic E-state index is 11.6. The van der Waals surface area contributed by atoms with E-state index >= 15 is 0 Å². The van der Waals surface area contributed by atoms with Gasteiger partial charge in [-0.25, -0.2) is 4.79 Å². The summed E-state index contributed by atoms with van der Waals surface area (Å²) in [6.07, 6.45) is 0. The van der Waals surface area contributed by atoms with Gasteiger partial charge < -0.3 is 19.5 Å². The average Bonchev–Trinajstić information content (AvgIpc) is 2.51. The normalized spacial score (nSPS) is 12.3. The van der Waals surface area contributed by atoms with Gasteiger partial charge in [-0.2, -0.15) is 0 Å². The van der Waals surface area contributed by atoms with Crippen molar-refractivity contribution in [1.29, 1.82) is 0 Å². The molecule has 0 fully saturated rings. The molecule has 0 saturated heterocycles. The lowest BCUT2D eigenvalue weighted by Crippen LogP contribution is -2.53. The first-order chi connectivity index (χ1) is 11.0. The highest BCUT2D eigenvalue weighted by molar-refractivity contribution is 6.60. The van der Waals surface area contributed by atoms with Crippen LogP contribution >= 0.6 is 0 Å². The van der Waals surface area contributed by atoms with Gasteiger partial charge in [0.2, 0.25) is 0 Å². The first kappa shape index (κ1) is 18.5. The topological polar surface area (TPSA) is 76.0 Å². The number of rotatable bonds is 5. The number of carbonyl (C=O) groups is 1. The van der Waals surface area contributed by atoms with E-state index in [1.165, 1.54) is 7.11 Å². The fourth-order valence-electron chi connectivity index (χ4n) is 2.15. The Morgan fingerprint density at radius 3 is 2.21 bits per heavy atom. The van der Waals surface area contributed by atoms with Crippen LogP contribution in [0.25, 0.3) is 10.8 Å². The summed E-state index contributed by atoms with van der Waals surface area (Å²) >= 11 is 0. The zero-order valence-corrected chi connectivity index (χ0v) is 14.7. The third-order valence-corrected chi connectivity index (χ3v) is 4.45. The van der Waals surface area contributed by atoms with Crippen LogP contribution in [0.4, 0.5) is 0 Å². The number of hydrogen-bond donors (Lipinski definition) is 2. The van der Waals surface area contributed by atoms with E-state index in [-0.39, 0.29) is 0 Å². The molecule has 24 heavy (non-hydrogen) atoms. The lowest BCUT2D eigenvalue weighted by Gasteiger charge is -2.38. The van der Waals surface area contributed by atoms with Crippen molar-refractivity contribution in [1.82, 2.24) is 0 Å². The van der Waals surface area contributed by atoms with Crippen LogP contribution in [-0.4, -0.2) is 41.5 Å². The predicted molar refractivity (Wildman–Crippen MR) is 94.4 cm³/mol. The summed E-state index contributed by atoms with van der Waals surface area (Å²) in [5.74, 6) is -0.392. The highest BCUT2D eigenvalue weighted by atomic mass is 16.5. The SMILES string of the molecule is COC(=O)c1ccc2cc(B(O)OC(C)(C)C(C)(C)O)ccc2c1. The monoisotopic (exact) mass is 330 g/mol. The highest BCUT2D eigenvalue weighted by Gasteiger charge is 2.39. The maximum absolute atomic E-state index is 11.6. The average molecular weight is 330 g/mol. The number of ether oxygens (including phenoxy) is 1. The molecule has 2 aromatic rings. The molecule has 0 bridgehead atoms. The van der Waals surface area contributed by atoms with Gasteiger partial charge in [0.1, 0.15) is 0 Å². The summed E-state index contributed by atoms with van der Waals surface area (Å²) in [6.45, 7) is 6.71.